The lowest BCUT2D eigenvalue weighted by atomic mass is 10.1. The Morgan fingerprint density at radius 2 is 1.15 bits per heavy atom. The summed E-state index contributed by atoms with van der Waals surface area (Å²) in [5.74, 6) is 1.10. The van der Waals surface area contributed by atoms with Crippen molar-refractivity contribution in [3.63, 3.8) is 0 Å². The van der Waals surface area contributed by atoms with Crippen LogP contribution in [0.4, 0.5) is 5.69 Å². The molecule has 40 heavy (non-hydrogen) atoms. The number of halogens is 2. The van der Waals surface area contributed by atoms with Gasteiger partial charge in [0, 0.05) is 87.3 Å². The largest absolute Gasteiger partial charge is 0.394 e. The minimum atomic E-state index is 0. The lowest BCUT2D eigenvalue weighted by Crippen LogP contribution is -2.50. The standard InChI is InChI=1S/C29H41N5O3S.2ClH/c35-20-24-37-23-19-32-11-9-31(10-12-32)17-21-36-22-18-33-13-15-34(16-14-33)29-25-5-1-3-7-27(25)38-28-8-4-2-6-26(28)30-29;;/h1-8,35H,9-24H2;2*1H. The van der Waals surface area contributed by atoms with Gasteiger partial charge in [-0.1, -0.05) is 42.1 Å². The van der Waals surface area contributed by atoms with E-state index in [1.54, 1.807) is 0 Å². The molecule has 222 valence electrons. The van der Waals surface area contributed by atoms with Crippen LogP contribution in [0.15, 0.2) is 63.3 Å². The first kappa shape index (κ1) is 33.1. The molecule has 2 saturated heterocycles. The molecule has 8 nitrogen and oxygen atoms in total. The predicted octanol–water partition coefficient (Wildman–Crippen LogP) is 3.33. The smallest absolute Gasteiger partial charge is 0.137 e. The third-order valence-corrected chi connectivity index (χ3v) is 8.61. The average Bonchev–Trinajstić information content (AvgIpc) is 3.13. The highest BCUT2D eigenvalue weighted by molar-refractivity contribution is 7.99. The molecule has 5 rings (SSSR count). The van der Waals surface area contributed by atoms with E-state index < -0.39 is 0 Å². The summed E-state index contributed by atoms with van der Waals surface area (Å²) in [7, 11) is 0. The van der Waals surface area contributed by atoms with Gasteiger partial charge in [0.25, 0.3) is 0 Å². The van der Waals surface area contributed by atoms with Crippen molar-refractivity contribution in [3.8, 4) is 0 Å². The molecule has 0 aliphatic carbocycles. The van der Waals surface area contributed by atoms with Crippen LogP contribution in [0, 0.1) is 0 Å². The zero-order valence-electron chi connectivity index (χ0n) is 23.2. The summed E-state index contributed by atoms with van der Waals surface area (Å²) in [5, 5.41) is 8.79. The molecule has 3 heterocycles. The van der Waals surface area contributed by atoms with Gasteiger partial charge in [0.05, 0.1) is 38.7 Å². The fourth-order valence-electron chi connectivity index (χ4n) is 5.18. The molecule has 1 N–H and O–H groups in total. The summed E-state index contributed by atoms with van der Waals surface area (Å²) in [6.07, 6.45) is 0. The number of rotatable bonds is 11. The fourth-order valence-corrected chi connectivity index (χ4v) is 6.20. The monoisotopic (exact) mass is 611 g/mol. The molecule has 2 aromatic rings. The number of nitrogens with zero attached hydrogens (tertiary/aromatic N) is 5. The third kappa shape index (κ3) is 9.31. The summed E-state index contributed by atoms with van der Waals surface area (Å²) in [6.45, 7) is 14.1. The average molecular weight is 613 g/mol. The normalized spacial score (nSPS) is 18.1. The molecule has 0 bridgehead atoms. The van der Waals surface area contributed by atoms with Crippen LogP contribution in [0.1, 0.15) is 5.56 Å². The van der Waals surface area contributed by atoms with Crippen molar-refractivity contribution >= 4 is 48.1 Å². The van der Waals surface area contributed by atoms with Gasteiger partial charge in [-0.2, -0.15) is 0 Å². The van der Waals surface area contributed by atoms with E-state index in [-0.39, 0.29) is 31.4 Å². The molecule has 0 saturated carbocycles. The van der Waals surface area contributed by atoms with Gasteiger partial charge in [-0.15, -0.1) is 24.8 Å². The Hall–Kier alpha value is -1.40. The molecule has 0 atom stereocenters. The molecule has 0 radical (unpaired) electrons. The Bertz CT molecular complexity index is 1050. The van der Waals surface area contributed by atoms with Crippen LogP contribution >= 0.6 is 36.6 Å². The number of aliphatic hydroxyl groups excluding tert-OH is 1. The summed E-state index contributed by atoms with van der Waals surface area (Å²) >= 11 is 1.82. The summed E-state index contributed by atoms with van der Waals surface area (Å²) in [4.78, 5) is 17.5. The Labute approximate surface area is 255 Å². The number of aliphatic hydroxyl groups is 1. The maximum absolute atomic E-state index is 8.79. The van der Waals surface area contributed by atoms with Gasteiger partial charge in [0.2, 0.25) is 0 Å². The molecule has 0 unspecified atom stereocenters. The Morgan fingerprint density at radius 1 is 0.650 bits per heavy atom. The molecular formula is C29H43Cl2N5O3S. The maximum atomic E-state index is 8.79. The Kier molecular flexibility index (Phi) is 14.5. The molecular weight excluding hydrogens is 569 g/mol. The lowest BCUT2D eigenvalue weighted by Gasteiger charge is -2.36. The van der Waals surface area contributed by atoms with Crippen molar-refractivity contribution < 1.29 is 14.6 Å². The SMILES string of the molecule is Cl.Cl.OCCOCCN1CCN(CCOCCN2CCN(C3=Nc4ccccc4Sc4ccccc43)CC2)CC1. The van der Waals surface area contributed by atoms with E-state index in [2.05, 4.69) is 68.1 Å². The minimum absolute atomic E-state index is 0. The Morgan fingerprint density at radius 3 is 1.75 bits per heavy atom. The van der Waals surface area contributed by atoms with Crippen LogP contribution in [0.25, 0.3) is 0 Å². The number of para-hydroxylation sites is 1. The number of ether oxygens (including phenoxy) is 2. The lowest BCUT2D eigenvalue weighted by molar-refractivity contribution is 0.0423. The second-order valence-electron chi connectivity index (χ2n) is 9.96. The second-order valence-corrected chi connectivity index (χ2v) is 11.0. The number of fused-ring (bicyclic) bond motifs is 2. The summed E-state index contributed by atoms with van der Waals surface area (Å²) in [6, 6.07) is 17.1. The van der Waals surface area contributed by atoms with Gasteiger partial charge >= 0.3 is 0 Å². The number of hydrogen-bond acceptors (Lipinski definition) is 9. The molecule has 0 amide bonds. The van der Waals surface area contributed by atoms with Crippen molar-refractivity contribution in [3.05, 3.63) is 54.1 Å². The highest BCUT2D eigenvalue weighted by Gasteiger charge is 2.25. The van der Waals surface area contributed by atoms with Crippen molar-refractivity contribution in [1.82, 2.24) is 19.6 Å². The van der Waals surface area contributed by atoms with Gasteiger partial charge < -0.3 is 19.5 Å². The van der Waals surface area contributed by atoms with Gasteiger partial charge in [-0.25, -0.2) is 4.99 Å². The van der Waals surface area contributed by atoms with E-state index in [1.807, 2.05) is 11.8 Å². The number of amidine groups is 1. The zero-order valence-corrected chi connectivity index (χ0v) is 25.6. The summed E-state index contributed by atoms with van der Waals surface area (Å²) in [5.41, 5.74) is 2.30. The minimum Gasteiger partial charge on any atom is -0.394 e. The van der Waals surface area contributed by atoms with Crippen molar-refractivity contribution in [2.75, 3.05) is 105 Å². The van der Waals surface area contributed by atoms with Crippen LogP contribution in [0.5, 0.6) is 0 Å². The van der Waals surface area contributed by atoms with Crippen LogP contribution in [0.2, 0.25) is 0 Å². The van der Waals surface area contributed by atoms with Crippen molar-refractivity contribution in [2.24, 2.45) is 4.99 Å². The molecule has 0 spiro atoms. The predicted molar refractivity (Wildman–Crippen MR) is 167 cm³/mol. The van der Waals surface area contributed by atoms with Crippen LogP contribution in [-0.4, -0.2) is 136 Å². The van der Waals surface area contributed by atoms with Gasteiger partial charge in [-0.3, -0.25) is 14.7 Å². The third-order valence-electron chi connectivity index (χ3n) is 7.47. The van der Waals surface area contributed by atoms with Gasteiger partial charge in [0.15, 0.2) is 0 Å². The summed E-state index contributed by atoms with van der Waals surface area (Å²) < 4.78 is 11.4. The van der Waals surface area contributed by atoms with Crippen molar-refractivity contribution in [2.45, 2.75) is 9.79 Å². The number of hydrogen-bond donors (Lipinski definition) is 1. The molecule has 0 aromatic heterocycles. The highest BCUT2D eigenvalue weighted by atomic mass is 35.5. The van der Waals surface area contributed by atoms with Gasteiger partial charge in [0.1, 0.15) is 5.84 Å². The zero-order chi connectivity index (χ0) is 26.0. The molecule has 11 heteroatoms. The van der Waals surface area contributed by atoms with Crippen LogP contribution < -0.4 is 0 Å². The molecule has 3 aliphatic rings. The second kappa shape index (κ2) is 17.5. The Balaban J connectivity index is 0.00000220. The quantitative estimate of drug-likeness (QED) is 0.388. The van der Waals surface area contributed by atoms with Crippen molar-refractivity contribution in [1.29, 1.82) is 0 Å². The van der Waals surface area contributed by atoms with E-state index in [0.717, 1.165) is 96.7 Å². The molecule has 2 aromatic carbocycles. The first-order chi connectivity index (χ1) is 18.8. The van der Waals surface area contributed by atoms with E-state index in [4.69, 9.17) is 19.6 Å². The number of benzene rings is 2. The van der Waals surface area contributed by atoms with E-state index in [0.29, 0.717) is 13.2 Å². The fraction of sp³-hybridized carbons (Fsp3) is 0.552. The molecule has 2 fully saturated rings. The van der Waals surface area contributed by atoms with E-state index >= 15 is 0 Å². The van der Waals surface area contributed by atoms with E-state index in [1.165, 1.54) is 15.4 Å². The highest BCUT2D eigenvalue weighted by Crippen LogP contribution is 2.40. The number of piperazine rings is 2. The van der Waals surface area contributed by atoms with E-state index in [9.17, 15) is 0 Å². The first-order valence-electron chi connectivity index (χ1n) is 13.9. The van der Waals surface area contributed by atoms with Gasteiger partial charge in [-0.05, 0) is 18.2 Å². The molecule has 3 aliphatic heterocycles. The van der Waals surface area contributed by atoms with Crippen LogP contribution in [-0.2, 0) is 9.47 Å². The number of aliphatic imine (C=N–C) groups is 1. The topological polar surface area (TPSA) is 64.0 Å². The first-order valence-corrected chi connectivity index (χ1v) is 14.7. The van der Waals surface area contributed by atoms with Crippen LogP contribution in [0.3, 0.4) is 0 Å². The maximum Gasteiger partial charge on any atom is 0.137 e.